The second kappa shape index (κ2) is 8.70. The number of halogens is 1. The van der Waals surface area contributed by atoms with Crippen molar-refractivity contribution < 1.29 is 4.79 Å². The summed E-state index contributed by atoms with van der Waals surface area (Å²) in [6.07, 6.45) is 4.66. The molecule has 2 heterocycles. The minimum atomic E-state index is -0.259. The Bertz CT molecular complexity index is 856. The standard InChI is InChI=1S/C18H18IN5O/c19-15-12-21-14-9-10-16(23-17(14)22-15)24-18(25)20-11-5-4-8-13-6-2-1-3-7-13/h1-3,6-7,9-10,12H,4-5,8,11H2,(H2,20,22,23,24,25). The highest BCUT2D eigenvalue weighted by molar-refractivity contribution is 14.1. The highest BCUT2D eigenvalue weighted by Gasteiger charge is 2.05. The first kappa shape index (κ1) is 17.5. The molecule has 2 N–H and O–H groups in total. The molecule has 0 saturated heterocycles. The van der Waals surface area contributed by atoms with Crippen molar-refractivity contribution in [2.45, 2.75) is 19.3 Å². The number of anilines is 1. The number of aromatic nitrogens is 3. The van der Waals surface area contributed by atoms with Crippen LogP contribution in [0.3, 0.4) is 0 Å². The zero-order chi connectivity index (χ0) is 17.5. The van der Waals surface area contributed by atoms with E-state index in [2.05, 4.69) is 60.3 Å². The molecule has 7 heteroatoms. The van der Waals surface area contributed by atoms with Crippen LogP contribution in [0.5, 0.6) is 0 Å². The summed E-state index contributed by atoms with van der Waals surface area (Å²) < 4.78 is 0.762. The Labute approximate surface area is 159 Å². The van der Waals surface area contributed by atoms with E-state index < -0.39 is 0 Å². The van der Waals surface area contributed by atoms with Crippen LogP contribution in [0, 0.1) is 3.70 Å². The Hall–Kier alpha value is -2.29. The molecule has 0 aliphatic carbocycles. The third-order valence-corrected chi connectivity index (χ3v) is 4.16. The summed E-state index contributed by atoms with van der Waals surface area (Å²) >= 11 is 2.08. The molecular formula is C18H18IN5O. The SMILES string of the molecule is O=C(NCCCCc1ccccc1)Nc1ccc2ncc(I)nc2n1. The van der Waals surface area contributed by atoms with Gasteiger partial charge in [-0.2, -0.15) is 0 Å². The van der Waals surface area contributed by atoms with Crippen molar-refractivity contribution in [1.82, 2.24) is 20.3 Å². The maximum Gasteiger partial charge on any atom is 0.320 e. The van der Waals surface area contributed by atoms with Gasteiger partial charge in [-0.15, -0.1) is 0 Å². The number of hydrogen-bond donors (Lipinski definition) is 2. The lowest BCUT2D eigenvalue weighted by Crippen LogP contribution is -2.29. The number of urea groups is 1. The first-order valence-electron chi connectivity index (χ1n) is 8.09. The number of aryl methyl sites for hydroxylation is 1. The number of benzene rings is 1. The molecular weight excluding hydrogens is 429 g/mol. The number of hydrogen-bond acceptors (Lipinski definition) is 4. The average molecular weight is 447 g/mol. The molecule has 0 atom stereocenters. The van der Waals surface area contributed by atoms with Gasteiger partial charge in [0.15, 0.2) is 5.65 Å². The summed E-state index contributed by atoms with van der Waals surface area (Å²) in [5.41, 5.74) is 2.54. The van der Waals surface area contributed by atoms with Gasteiger partial charge in [-0.1, -0.05) is 30.3 Å². The summed E-state index contributed by atoms with van der Waals surface area (Å²) in [6, 6.07) is 13.6. The quantitative estimate of drug-likeness (QED) is 0.446. The van der Waals surface area contributed by atoms with Gasteiger partial charge in [0, 0.05) is 6.54 Å². The molecule has 0 unspecified atom stereocenters. The monoisotopic (exact) mass is 447 g/mol. The highest BCUT2D eigenvalue weighted by Crippen LogP contribution is 2.12. The molecule has 0 saturated carbocycles. The van der Waals surface area contributed by atoms with E-state index >= 15 is 0 Å². The first-order valence-corrected chi connectivity index (χ1v) is 9.17. The Kier molecular flexibility index (Phi) is 6.10. The first-order chi connectivity index (χ1) is 12.2. The molecule has 3 rings (SSSR count). The largest absolute Gasteiger partial charge is 0.338 e. The Morgan fingerprint density at radius 2 is 1.88 bits per heavy atom. The summed E-state index contributed by atoms with van der Waals surface area (Å²) in [5, 5.41) is 5.58. The third-order valence-electron chi connectivity index (χ3n) is 3.64. The van der Waals surface area contributed by atoms with Crippen molar-refractivity contribution in [3.8, 4) is 0 Å². The zero-order valence-corrected chi connectivity index (χ0v) is 15.7. The number of carbonyl (C=O) groups is 1. The smallest absolute Gasteiger partial charge is 0.320 e. The Morgan fingerprint density at radius 1 is 1.04 bits per heavy atom. The molecule has 128 valence electrons. The van der Waals surface area contributed by atoms with Crippen LogP contribution in [0.2, 0.25) is 0 Å². The van der Waals surface area contributed by atoms with Crippen LogP contribution >= 0.6 is 22.6 Å². The van der Waals surface area contributed by atoms with Gasteiger partial charge in [0.05, 0.1) is 6.20 Å². The zero-order valence-electron chi connectivity index (χ0n) is 13.6. The molecule has 0 radical (unpaired) electrons. The second-order valence-corrected chi connectivity index (χ2v) is 6.66. The fraction of sp³-hybridized carbons (Fsp3) is 0.222. The second-order valence-electron chi connectivity index (χ2n) is 5.56. The van der Waals surface area contributed by atoms with Crippen molar-refractivity contribution in [2.24, 2.45) is 0 Å². The fourth-order valence-electron chi connectivity index (χ4n) is 2.41. The van der Waals surface area contributed by atoms with E-state index in [1.807, 2.05) is 18.2 Å². The molecule has 1 aromatic carbocycles. The Morgan fingerprint density at radius 3 is 2.72 bits per heavy atom. The molecule has 25 heavy (non-hydrogen) atoms. The van der Waals surface area contributed by atoms with Gasteiger partial charge in [-0.3, -0.25) is 10.3 Å². The van der Waals surface area contributed by atoms with Crippen LogP contribution in [0.4, 0.5) is 10.6 Å². The van der Waals surface area contributed by atoms with Gasteiger partial charge >= 0.3 is 6.03 Å². The number of nitrogens with one attached hydrogen (secondary N) is 2. The van der Waals surface area contributed by atoms with Crippen LogP contribution in [0.25, 0.3) is 11.2 Å². The van der Waals surface area contributed by atoms with Crippen molar-refractivity contribution in [2.75, 3.05) is 11.9 Å². The van der Waals surface area contributed by atoms with E-state index in [-0.39, 0.29) is 6.03 Å². The number of carbonyl (C=O) groups excluding carboxylic acids is 1. The molecule has 2 amide bonds. The lowest BCUT2D eigenvalue weighted by atomic mass is 10.1. The van der Waals surface area contributed by atoms with Crippen LogP contribution in [-0.2, 0) is 6.42 Å². The van der Waals surface area contributed by atoms with E-state index in [1.54, 1.807) is 18.3 Å². The lowest BCUT2D eigenvalue weighted by molar-refractivity contribution is 0.252. The summed E-state index contributed by atoms with van der Waals surface area (Å²) in [5.74, 6) is 0.464. The maximum absolute atomic E-state index is 11.9. The lowest BCUT2D eigenvalue weighted by Gasteiger charge is -2.07. The molecule has 0 fully saturated rings. The molecule has 0 spiro atoms. The van der Waals surface area contributed by atoms with E-state index in [4.69, 9.17) is 0 Å². The highest BCUT2D eigenvalue weighted by atomic mass is 127. The van der Waals surface area contributed by atoms with E-state index in [0.29, 0.717) is 23.5 Å². The van der Waals surface area contributed by atoms with Gasteiger partial charge in [-0.05, 0) is 59.5 Å². The van der Waals surface area contributed by atoms with Gasteiger partial charge < -0.3 is 5.32 Å². The van der Waals surface area contributed by atoms with Crippen LogP contribution in [0.15, 0.2) is 48.7 Å². The minimum Gasteiger partial charge on any atom is -0.338 e. The molecule has 0 bridgehead atoms. The van der Waals surface area contributed by atoms with Crippen molar-refractivity contribution >= 4 is 45.6 Å². The molecule has 0 aliphatic rings. The van der Waals surface area contributed by atoms with Gasteiger partial charge in [0.25, 0.3) is 0 Å². The van der Waals surface area contributed by atoms with Gasteiger partial charge in [-0.25, -0.2) is 14.8 Å². The van der Waals surface area contributed by atoms with E-state index in [0.717, 1.165) is 23.0 Å². The summed E-state index contributed by atoms with van der Waals surface area (Å²) in [6.45, 7) is 0.629. The summed E-state index contributed by atoms with van der Waals surface area (Å²) in [4.78, 5) is 24.8. The molecule has 3 aromatic rings. The maximum atomic E-state index is 11.9. The number of unbranched alkanes of at least 4 members (excludes halogenated alkanes) is 1. The minimum absolute atomic E-state index is 0.259. The van der Waals surface area contributed by atoms with E-state index in [9.17, 15) is 4.79 Å². The predicted molar refractivity (Wildman–Crippen MR) is 106 cm³/mol. The molecule has 2 aromatic heterocycles. The van der Waals surface area contributed by atoms with Crippen LogP contribution in [0.1, 0.15) is 18.4 Å². The molecule has 0 aliphatic heterocycles. The van der Waals surface area contributed by atoms with Crippen molar-refractivity contribution in [3.05, 3.63) is 57.9 Å². The normalized spacial score (nSPS) is 10.6. The fourth-order valence-corrected chi connectivity index (χ4v) is 2.78. The Balaban J connectivity index is 1.43. The van der Waals surface area contributed by atoms with Gasteiger partial charge in [0.2, 0.25) is 0 Å². The van der Waals surface area contributed by atoms with Crippen LogP contribution in [-0.4, -0.2) is 27.5 Å². The van der Waals surface area contributed by atoms with Crippen LogP contribution < -0.4 is 10.6 Å². The number of rotatable bonds is 6. The third kappa shape index (κ3) is 5.35. The number of nitrogens with zero attached hydrogens (tertiary/aromatic N) is 3. The van der Waals surface area contributed by atoms with Crippen molar-refractivity contribution in [3.63, 3.8) is 0 Å². The summed E-state index contributed by atoms with van der Waals surface area (Å²) in [7, 11) is 0. The number of amides is 2. The molecule has 6 nitrogen and oxygen atoms in total. The number of pyridine rings is 1. The topological polar surface area (TPSA) is 79.8 Å². The van der Waals surface area contributed by atoms with Gasteiger partial charge in [0.1, 0.15) is 15.0 Å². The van der Waals surface area contributed by atoms with E-state index in [1.165, 1.54) is 5.56 Å². The predicted octanol–water partition coefficient (Wildman–Crippen LogP) is 3.77. The average Bonchev–Trinajstić information content (AvgIpc) is 2.62. The number of fused-ring (bicyclic) bond motifs is 1. The van der Waals surface area contributed by atoms with Crippen molar-refractivity contribution in [1.29, 1.82) is 0 Å².